The molecule has 1 heterocycles. The molecule has 0 aliphatic heterocycles. The molecule has 0 amide bonds. The molecule has 1 unspecified atom stereocenters. The Hall–Kier alpha value is -1.68. The first-order valence-electron chi connectivity index (χ1n) is 6.31. The van der Waals surface area contributed by atoms with Gasteiger partial charge < -0.3 is 9.88 Å². The van der Waals surface area contributed by atoms with Gasteiger partial charge in [0.1, 0.15) is 5.82 Å². The molecular weight excluding hydrogens is 226 g/mol. The number of carbonyl (C=O) groups is 1. The zero-order valence-corrected chi connectivity index (χ0v) is 11.1. The summed E-state index contributed by atoms with van der Waals surface area (Å²) in [7, 11) is 1.80. The third-order valence-electron chi connectivity index (χ3n) is 3.30. The number of nitrogens with one attached hydrogen (secondary N) is 1. The van der Waals surface area contributed by atoms with Crippen molar-refractivity contribution in [2.45, 2.75) is 32.9 Å². The van der Waals surface area contributed by atoms with E-state index in [0.717, 1.165) is 23.4 Å². The van der Waals surface area contributed by atoms with Crippen LogP contribution in [-0.4, -0.2) is 28.4 Å². The monoisotopic (exact) mass is 245 g/mol. The second-order valence-electron chi connectivity index (χ2n) is 4.41. The van der Waals surface area contributed by atoms with Gasteiger partial charge in [0.2, 0.25) is 0 Å². The van der Waals surface area contributed by atoms with E-state index in [2.05, 4.69) is 21.8 Å². The largest absolute Gasteiger partial charge is 0.328 e. The van der Waals surface area contributed by atoms with Gasteiger partial charge in [0.05, 0.1) is 23.5 Å². The molecule has 1 N–H and O–H groups in total. The van der Waals surface area contributed by atoms with Gasteiger partial charge in [-0.2, -0.15) is 0 Å². The fourth-order valence-electron chi connectivity index (χ4n) is 2.08. The Bertz CT molecular complexity index is 559. The van der Waals surface area contributed by atoms with Crippen LogP contribution < -0.4 is 5.32 Å². The molecule has 1 aromatic heterocycles. The molecule has 4 heteroatoms. The number of Topliss-reactive ketones (excluding diaryl/α,β-unsaturated/α-hetero) is 1. The number of nitrogens with zero attached hydrogens (tertiary/aromatic N) is 2. The van der Waals surface area contributed by atoms with Crippen LogP contribution in [0.25, 0.3) is 11.0 Å². The Morgan fingerprint density at radius 1 is 1.44 bits per heavy atom. The third-order valence-corrected chi connectivity index (χ3v) is 3.30. The molecule has 2 aromatic rings. The Morgan fingerprint density at radius 3 is 2.83 bits per heavy atom. The number of likely N-dealkylation sites (N-methyl/N-ethyl adjacent to an activating group) is 1. The SMILES string of the molecule is CCn1c(CC(=O)C(C)NC)nc2ccccc21. The van der Waals surface area contributed by atoms with Crippen molar-refractivity contribution in [2.24, 2.45) is 0 Å². The average molecular weight is 245 g/mol. The van der Waals surface area contributed by atoms with E-state index in [9.17, 15) is 4.79 Å². The van der Waals surface area contributed by atoms with E-state index in [1.807, 2.05) is 31.2 Å². The Kier molecular flexibility index (Phi) is 3.77. The second kappa shape index (κ2) is 5.31. The van der Waals surface area contributed by atoms with Gasteiger partial charge in [-0.25, -0.2) is 4.98 Å². The van der Waals surface area contributed by atoms with Crippen molar-refractivity contribution in [3.63, 3.8) is 0 Å². The van der Waals surface area contributed by atoms with Crippen LogP contribution in [-0.2, 0) is 17.8 Å². The van der Waals surface area contributed by atoms with Crippen LogP contribution in [0.1, 0.15) is 19.7 Å². The standard InChI is InChI=1S/C14H19N3O/c1-4-17-12-8-6-5-7-11(12)16-14(17)9-13(18)10(2)15-3/h5-8,10,15H,4,9H2,1-3H3. The summed E-state index contributed by atoms with van der Waals surface area (Å²) < 4.78 is 2.11. The van der Waals surface area contributed by atoms with E-state index in [1.165, 1.54) is 0 Å². The number of benzene rings is 1. The lowest BCUT2D eigenvalue weighted by Crippen LogP contribution is -2.32. The smallest absolute Gasteiger partial charge is 0.156 e. The van der Waals surface area contributed by atoms with E-state index >= 15 is 0 Å². The Balaban J connectivity index is 2.36. The summed E-state index contributed by atoms with van der Waals surface area (Å²) in [6, 6.07) is 7.86. The minimum absolute atomic E-state index is 0.130. The van der Waals surface area contributed by atoms with Gasteiger partial charge in [-0.15, -0.1) is 0 Å². The first kappa shape index (κ1) is 12.8. The van der Waals surface area contributed by atoms with E-state index in [-0.39, 0.29) is 11.8 Å². The van der Waals surface area contributed by atoms with E-state index in [4.69, 9.17) is 0 Å². The molecule has 96 valence electrons. The number of carbonyl (C=O) groups excluding carboxylic acids is 1. The average Bonchev–Trinajstić information content (AvgIpc) is 2.74. The highest BCUT2D eigenvalue weighted by atomic mass is 16.1. The zero-order valence-electron chi connectivity index (χ0n) is 11.1. The number of rotatable bonds is 5. The van der Waals surface area contributed by atoms with Gasteiger partial charge >= 0.3 is 0 Å². The summed E-state index contributed by atoms with van der Waals surface area (Å²) in [5.74, 6) is 1.02. The van der Waals surface area contributed by atoms with Crippen molar-refractivity contribution >= 4 is 16.8 Å². The number of aryl methyl sites for hydroxylation is 1. The van der Waals surface area contributed by atoms with Crippen LogP contribution in [0.2, 0.25) is 0 Å². The molecule has 0 aliphatic rings. The lowest BCUT2D eigenvalue weighted by molar-refractivity contribution is -0.120. The van der Waals surface area contributed by atoms with Crippen LogP contribution in [0.3, 0.4) is 0 Å². The summed E-state index contributed by atoms with van der Waals surface area (Å²) in [6.45, 7) is 4.78. The number of aromatic nitrogens is 2. The van der Waals surface area contributed by atoms with Crippen LogP contribution in [0, 0.1) is 0 Å². The Morgan fingerprint density at radius 2 is 2.17 bits per heavy atom. The molecule has 0 fully saturated rings. The minimum Gasteiger partial charge on any atom is -0.328 e. The molecular formula is C14H19N3O. The number of imidazole rings is 1. The van der Waals surface area contributed by atoms with E-state index < -0.39 is 0 Å². The Labute approximate surface area is 107 Å². The summed E-state index contributed by atoms with van der Waals surface area (Å²) >= 11 is 0. The molecule has 0 saturated heterocycles. The lowest BCUT2D eigenvalue weighted by atomic mass is 10.1. The van der Waals surface area contributed by atoms with Crippen molar-refractivity contribution in [2.75, 3.05) is 7.05 Å². The van der Waals surface area contributed by atoms with E-state index in [0.29, 0.717) is 6.42 Å². The molecule has 0 bridgehead atoms. The molecule has 18 heavy (non-hydrogen) atoms. The second-order valence-corrected chi connectivity index (χ2v) is 4.41. The molecule has 4 nitrogen and oxygen atoms in total. The van der Waals surface area contributed by atoms with Crippen molar-refractivity contribution in [3.05, 3.63) is 30.1 Å². The number of fused-ring (bicyclic) bond motifs is 1. The van der Waals surface area contributed by atoms with Crippen LogP contribution >= 0.6 is 0 Å². The predicted octanol–water partition coefficient (Wildman–Crippen LogP) is 1.78. The highest BCUT2D eigenvalue weighted by molar-refractivity contribution is 5.86. The number of ketones is 1. The zero-order chi connectivity index (χ0) is 13.1. The molecule has 0 radical (unpaired) electrons. The van der Waals surface area contributed by atoms with Crippen molar-refractivity contribution in [1.82, 2.24) is 14.9 Å². The van der Waals surface area contributed by atoms with Gasteiger partial charge in [0.25, 0.3) is 0 Å². The number of hydrogen-bond acceptors (Lipinski definition) is 3. The summed E-state index contributed by atoms with van der Waals surface area (Å²) in [5.41, 5.74) is 2.05. The molecule has 1 atom stereocenters. The highest BCUT2D eigenvalue weighted by Crippen LogP contribution is 2.16. The molecule has 0 spiro atoms. The van der Waals surface area contributed by atoms with Crippen molar-refractivity contribution in [3.8, 4) is 0 Å². The first-order chi connectivity index (χ1) is 8.67. The van der Waals surface area contributed by atoms with Gasteiger partial charge in [-0.05, 0) is 33.0 Å². The van der Waals surface area contributed by atoms with Crippen LogP contribution in [0.5, 0.6) is 0 Å². The van der Waals surface area contributed by atoms with Crippen molar-refractivity contribution < 1.29 is 4.79 Å². The highest BCUT2D eigenvalue weighted by Gasteiger charge is 2.16. The van der Waals surface area contributed by atoms with Gasteiger partial charge in [-0.3, -0.25) is 4.79 Å². The van der Waals surface area contributed by atoms with Gasteiger partial charge in [0, 0.05) is 6.54 Å². The summed E-state index contributed by atoms with van der Waals surface area (Å²) in [5, 5.41) is 2.97. The maximum absolute atomic E-state index is 12.0. The summed E-state index contributed by atoms with van der Waals surface area (Å²) in [6.07, 6.45) is 0.379. The molecule has 1 aromatic carbocycles. The fraction of sp³-hybridized carbons (Fsp3) is 0.429. The van der Waals surface area contributed by atoms with Crippen LogP contribution in [0.4, 0.5) is 0 Å². The summed E-state index contributed by atoms with van der Waals surface area (Å²) in [4.78, 5) is 16.5. The first-order valence-corrected chi connectivity index (χ1v) is 6.31. The van der Waals surface area contributed by atoms with Crippen molar-refractivity contribution in [1.29, 1.82) is 0 Å². The molecule has 0 aliphatic carbocycles. The van der Waals surface area contributed by atoms with E-state index in [1.54, 1.807) is 7.05 Å². The minimum atomic E-state index is -0.130. The normalized spacial score (nSPS) is 12.8. The topological polar surface area (TPSA) is 46.9 Å². The molecule has 0 saturated carbocycles. The van der Waals surface area contributed by atoms with Crippen LogP contribution in [0.15, 0.2) is 24.3 Å². The fourth-order valence-corrected chi connectivity index (χ4v) is 2.08. The predicted molar refractivity (Wildman–Crippen MR) is 72.6 cm³/mol. The maximum Gasteiger partial charge on any atom is 0.156 e. The van der Waals surface area contributed by atoms with Gasteiger partial charge in [-0.1, -0.05) is 12.1 Å². The lowest BCUT2D eigenvalue weighted by Gasteiger charge is -2.09. The maximum atomic E-state index is 12.0. The number of hydrogen-bond donors (Lipinski definition) is 1. The van der Waals surface area contributed by atoms with Gasteiger partial charge in [0.15, 0.2) is 5.78 Å². The quantitative estimate of drug-likeness (QED) is 0.873. The molecule has 2 rings (SSSR count). The number of para-hydroxylation sites is 2. The third kappa shape index (κ3) is 2.29.